The highest BCUT2D eigenvalue weighted by molar-refractivity contribution is 5.87. The summed E-state index contributed by atoms with van der Waals surface area (Å²) in [6.07, 6.45) is -0.818. The standard InChI is InChI=1S/C39H33NO5/c41-36(40-39(28-14-4-1-5-15-28,29-16-6-2-7-17-29)30-18-8-3-9-19-30)24-27(38(43)44)25-37(42)45-26-35-33-22-12-10-20-31(33)32-21-11-13-23-34(32)35/h1-23,27,35H,24-26H2,(H,40,41)(H,43,44)/t27-/m1/s1. The van der Waals surface area contributed by atoms with Crippen molar-refractivity contribution >= 4 is 17.8 Å². The molecule has 0 aliphatic heterocycles. The summed E-state index contributed by atoms with van der Waals surface area (Å²) in [5, 5.41) is 13.3. The van der Waals surface area contributed by atoms with Crippen molar-refractivity contribution in [2.75, 3.05) is 6.61 Å². The van der Waals surface area contributed by atoms with Crippen LogP contribution in [0.5, 0.6) is 0 Å². The number of aliphatic carboxylic acids is 1. The fraction of sp³-hybridized carbons (Fsp3) is 0.154. The van der Waals surface area contributed by atoms with Crippen LogP contribution in [-0.2, 0) is 24.7 Å². The lowest BCUT2D eigenvalue weighted by Gasteiger charge is -2.37. The minimum Gasteiger partial charge on any atom is -0.481 e. The van der Waals surface area contributed by atoms with Gasteiger partial charge in [0.1, 0.15) is 12.1 Å². The number of carbonyl (C=O) groups is 3. The lowest BCUT2D eigenvalue weighted by Crippen LogP contribution is -2.48. The molecule has 6 heteroatoms. The first kappa shape index (κ1) is 29.6. The molecule has 5 aromatic rings. The zero-order valence-electron chi connectivity index (χ0n) is 24.6. The molecule has 6 rings (SSSR count). The summed E-state index contributed by atoms with van der Waals surface area (Å²) in [7, 11) is 0. The van der Waals surface area contributed by atoms with E-state index < -0.39 is 42.1 Å². The van der Waals surface area contributed by atoms with Crippen LogP contribution in [0.15, 0.2) is 140 Å². The zero-order chi connectivity index (χ0) is 31.2. The van der Waals surface area contributed by atoms with Crippen LogP contribution >= 0.6 is 0 Å². The Balaban J connectivity index is 1.21. The van der Waals surface area contributed by atoms with E-state index in [0.717, 1.165) is 38.9 Å². The lowest BCUT2D eigenvalue weighted by molar-refractivity contribution is -0.152. The van der Waals surface area contributed by atoms with Gasteiger partial charge in [-0.15, -0.1) is 0 Å². The normalized spacial score (nSPS) is 12.9. The molecule has 0 radical (unpaired) electrons. The molecule has 0 bridgehead atoms. The van der Waals surface area contributed by atoms with E-state index in [4.69, 9.17) is 4.74 Å². The second kappa shape index (κ2) is 13.0. The van der Waals surface area contributed by atoms with E-state index in [2.05, 4.69) is 17.4 Å². The Morgan fingerprint density at radius 1 is 0.622 bits per heavy atom. The number of amides is 1. The minimum absolute atomic E-state index is 0.0878. The Bertz CT molecular complexity index is 1660. The number of carbonyl (C=O) groups excluding carboxylic acids is 2. The molecule has 0 aromatic heterocycles. The Hall–Kier alpha value is -5.49. The van der Waals surface area contributed by atoms with Gasteiger partial charge in [-0.3, -0.25) is 14.4 Å². The summed E-state index contributed by atoms with van der Waals surface area (Å²) in [6.45, 7) is 0.0878. The van der Waals surface area contributed by atoms with Crippen LogP contribution < -0.4 is 5.32 Å². The van der Waals surface area contributed by atoms with Crippen LogP contribution in [0.25, 0.3) is 11.1 Å². The Morgan fingerprint density at radius 3 is 1.49 bits per heavy atom. The fourth-order valence-corrected chi connectivity index (χ4v) is 6.39. The second-order valence-corrected chi connectivity index (χ2v) is 11.2. The summed E-state index contributed by atoms with van der Waals surface area (Å²) < 4.78 is 5.68. The van der Waals surface area contributed by atoms with Gasteiger partial charge in [0.15, 0.2) is 0 Å². The largest absolute Gasteiger partial charge is 0.481 e. The predicted molar refractivity (Wildman–Crippen MR) is 172 cm³/mol. The van der Waals surface area contributed by atoms with Crippen molar-refractivity contribution in [3.8, 4) is 11.1 Å². The van der Waals surface area contributed by atoms with Gasteiger partial charge in [0.25, 0.3) is 0 Å². The second-order valence-electron chi connectivity index (χ2n) is 11.2. The highest BCUT2D eigenvalue weighted by atomic mass is 16.5. The van der Waals surface area contributed by atoms with Gasteiger partial charge in [-0.2, -0.15) is 0 Å². The van der Waals surface area contributed by atoms with Crippen molar-refractivity contribution < 1.29 is 24.2 Å². The van der Waals surface area contributed by atoms with E-state index in [1.54, 1.807) is 0 Å². The summed E-state index contributed by atoms with van der Waals surface area (Å²) in [5.41, 5.74) is 5.71. The summed E-state index contributed by atoms with van der Waals surface area (Å²) in [4.78, 5) is 39.2. The molecule has 1 aliphatic rings. The third-order valence-electron chi connectivity index (χ3n) is 8.51. The van der Waals surface area contributed by atoms with Gasteiger partial charge in [0, 0.05) is 12.3 Å². The molecular formula is C39H33NO5. The summed E-state index contributed by atoms with van der Waals surface area (Å²) in [6, 6.07) is 44.8. The van der Waals surface area contributed by atoms with Crippen LogP contribution in [0.4, 0.5) is 0 Å². The maximum atomic E-state index is 13.8. The van der Waals surface area contributed by atoms with E-state index in [1.807, 2.05) is 127 Å². The smallest absolute Gasteiger partial charge is 0.307 e. The van der Waals surface area contributed by atoms with E-state index >= 15 is 0 Å². The van der Waals surface area contributed by atoms with Crippen molar-refractivity contribution in [3.05, 3.63) is 167 Å². The van der Waals surface area contributed by atoms with Crippen molar-refractivity contribution in [1.29, 1.82) is 0 Å². The average Bonchev–Trinajstić information content (AvgIpc) is 3.40. The lowest BCUT2D eigenvalue weighted by atomic mass is 9.76. The molecule has 0 saturated carbocycles. The molecular weight excluding hydrogens is 562 g/mol. The number of carboxylic acid groups (broad SMARTS) is 1. The summed E-state index contributed by atoms with van der Waals surface area (Å²) in [5.74, 6) is -3.79. The number of rotatable bonds is 11. The molecule has 2 N–H and O–H groups in total. The summed E-state index contributed by atoms with van der Waals surface area (Å²) >= 11 is 0. The molecule has 5 aromatic carbocycles. The molecule has 0 saturated heterocycles. The van der Waals surface area contributed by atoms with Crippen LogP contribution in [0, 0.1) is 5.92 Å². The number of nitrogens with one attached hydrogen (secondary N) is 1. The van der Waals surface area contributed by atoms with Gasteiger partial charge in [-0.25, -0.2) is 0 Å². The number of esters is 1. The first-order valence-corrected chi connectivity index (χ1v) is 15.0. The molecule has 1 aliphatic carbocycles. The molecule has 0 spiro atoms. The molecule has 1 amide bonds. The van der Waals surface area contributed by atoms with Gasteiger partial charge in [-0.1, -0.05) is 140 Å². The third kappa shape index (κ3) is 6.00. The number of fused-ring (bicyclic) bond motifs is 3. The molecule has 6 nitrogen and oxygen atoms in total. The van der Waals surface area contributed by atoms with Gasteiger partial charge < -0.3 is 15.2 Å². The molecule has 0 unspecified atom stereocenters. The predicted octanol–water partition coefficient (Wildman–Crippen LogP) is 6.93. The molecule has 0 heterocycles. The van der Waals surface area contributed by atoms with Gasteiger partial charge in [-0.05, 0) is 38.9 Å². The fourth-order valence-electron chi connectivity index (χ4n) is 6.39. The highest BCUT2D eigenvalue weighted by Crippen LogP contribution is 2.44. The minimum atomic E-state index is -1.26. The maximum Gasteiger partial charge on any atom is 0.307 e. The monoisotopic (exact) mass is 595 g/mol. The van der Waals surface area contributed by atoms with E-state index in [1.165, 1.54) is 0 Å². The maximum absolute atomic E-state index is 13.8. The van der Waals surface area contributed by atoms with Crippen LogP contribution in [-0.4, -0.2) is 29.6 Å². The van der Waals surface area contributed by atoms with E-state index in [-0.39, 0.29) is 12.5 Å². The Kier molecular flexibility index (Phi) is 8.56. The zero-order valence-corrected chi connectivity index (χ0v) is 24.6. The number of carboxylic acids is 1. The number of hydrogen-bond acceptors (Lipinski definition) is 4. The van der Waals surface area contributed by atoms with Crippen molar-refractivity contribution in [2.24, 2.45) is 5.92 Å². The van der Waals surface area contributed by atoms with Crippen molar-refractivity contribution in [1.82, 2.24) is 5.32 Å². The van der Waals surface area contributed by atoms with E-state index in [0.29, 0.717) is 0 Å². The third-order valence-corrected chi connectivity index (χ3v) is 8.51. The quantitative estimate of drug-likeness (QED) is 0.128. The molecule has 224 valence electrons. The van der Waals surface area contributed by atoms with Gasteiger partial charge >= 0.3 is 11.9 Å². The number of ether oxygens (including phenoxy) is 1. The first-order chi connectivity index (χ1) is 22.0. The van der Waals surface area contributed by atoms with Crippen LogP contribution in [0.3, 0.4) is 0 Å². The number of benzene rings is 5. The first-order valence-electron chi connectivity index (χ1n) is 15.0. The highest BCUT2D eigenvalue weighted by Gasteiger charge is 2.39. The van der Waals surface area contributed by atoms with Crippen LogP contribution in [0.1, 0.15) is 46.6 Å². The average molecular weight is 596 g/mol. The van der Waals surface area contributed by atoms with Crippen molar-refractivity contribution in [2.45, 2.75) is 24.3 Å². The van der Waals surface area contributed by atoms with E-state index in [9.17, 15) is 19.5 Å². The topological polar surface area (TPSA) is 92.7 Å². The van der Waals surface area contributed by atoms with Gasteiger partial charge in [0.05, 0.1) is 12.3 Å². The molecule has 45 heavy (non-hydrogen) atoms. The number of hydrogen-bond donors (Lipinski definition) is 2. The Morgan fingerprint density at radius 2 is 1.04 bits per heavy atom. The molecule has 0 fully saturated rings. The van der Waals surface area contributed by atoms with Gasteiger partial charge in [0.2, 0.25) is 5.91 Å². The molecule has 1 atom stereocenters. The van der Waals surface area contributed by atoms with Crippen molar-refractivity contribution in [3.63, 3.8) is 0 Å². The Labute approximate surface area is 262 Å². The van der Waals surface area contributed by atoms with Crippen LogP contribution in [0.2, 0.25) is 0 Å². The SMILES string of the molecule is O=C(C[C@H](CC(=O)OCC1c2ccccc2-c2ccccc21)C(=O)O)NC(c1ccccc1)(c1ccccc1)c1ccccc1.